The van der Waals surface area contributed by atoms with Gasteiger partial charge in [-0.1, -0.05) is 20.8 Å². The molecule has 0 aromatic carbocycles. The Morgan fingerprint density at radius 1 is 1.44 bits per heavy atom. The van der Waals surface area contributed by atoms with Crippen molar-refractivity contribution in [3.05, 3.63) is 0 Å². The maximum atomic E-state index is 11.9. The summed E-state index contributed by atoms with van der Waals surface area (Å²) < 4.78 is 5.08. The smallest absolute Gasteiger partial charge is 0.328 e. The quantitative estimate of drug-likeness (QED) is 0.758. The van der Waals surface area contributed by atoms with E-state index < -0.39 is 12.0 Å². The van der Waals surface area contributed by atoms with E-state index in [0.717, 1.165) is 0 Å². The van der Waals surface area contributed by atoms with Crippen LogP contribution in [0.1, 0.15) is 27.2 Å². The van der Waals surface area contributed by atoms with Crippen molar-refractivity contribution in [1.82, 2.24) is 4.90 Å². The molecule has 1 unspecified atom stereocenters. The van der Waals surface area contributed by atoms with Crippen molar-refractivity contribution in [3.8, 4) is 0 Å². The Labute approximate surface area is 95.4 Å². The summed E-state index contributed by atoms with van der Waals surface area (Å²) in [5.74, 6) is -1.11. The fourth-order valence-corrected chi connectivity index (χ4v) is 1.66. The SMILES string of the molecule is CC(C)(C)CC(=O)N1CCOCC1C(=O)O. The lowest BCUT2D eigenvalue weighted by Crippen LogP contribution is -2.53. The number of rotatable bonds is 2. The van der Waals surface area contributed by atoms with Crippen molar-refractivity contribution >= 4 is 11.9 Å². The molecule has 1 N–H and O–H groups in total. The minimum Gasteiger partial charge on any atom is -0.480 e. The molecule has 1 fully saturated rings. The topological polar surface area (TPSA) is 66.8 Å². The Balaban J connectivity index is 2.68. The molecule has 5 nitrogen and oxygen atoms in total. The van der Waals surface area contributed by atoms with Crippen molar-refractivity contribution in [1.29, 1.82) is 0 Å². The van der Waals surface area contributed by atoms with Crippen molar-refractivity contribution in [2.75, 3.05) is 19.8 Å². The molecule has 16 heavy (non-hydrogen) atoms. The van der Waals surface area contributed by atoms with Gasteiger partial charge < -0.3 is 14.7 Å². The fraction of sp³-hybridized carbons (Fsp3) is 0.818. The number of hydrogen-bond acceptors (Lipinski definition) is 3. The van der Waals surface area contributed by atoms with E-state index in [-0.39, 0.29) is 17.9 Å². The number of amides is 1. The Kier molecular flexibility index (Phi) is 3.91. The largest absolute Gasteiger partial charge is 0.480 e. The summed E-state index contributed by atoms with van der Waals surface area (Å²) in [6.45, 7) is 6.75. The maximum absolute atomic E-state index is 11.9. The van der Waals surface area contributed by atoms with Gasteiger partial charge in [0.15, 0.2) is 6.04 Å². The molecule has 1 atom stereocenters. The molecular weight excluding hydrogens is 210 g/mol. The average molecular weight is 229 g/mol. The number of hydrogen-bond donors (Lipinski definition) is 1. The van der Waals surface area contributed by atoms with Crippen LogP contribution in [0.15, 0.2) is 0 Å². The molecular formula is C11H19NO4. The molecule has 0 spiro atoms. The number of morpholine rings is 1. The average Bonchev–Trinajstić information content (AvgIpc) is 2.15. The zero-order chi connectivity index (χ0) is 12.3. The number of carboxylic acid groups (broad SMARTS) is 1. The van der Waals surface area contributed by atoms with E-state index in [2.05, 4.69) is 0 Å². The standard InChI is InChI=1S/C11H19NO4/c1-11(2,3)6-9(13)12-4-5-16-7-8(12)10(14)15/h8H,4-7H2,1-3H3,(H,14,15). The number of aliphatic carboxylic acids is 1. The van der Waals surface area contributed by atoms with Gasteiger partial charge in [0, 0.05) is 13.0 Å². The van der Waals surface area contributed by atoms with Gasteiger partial charge in [0.2, 0.25) is 5.91 Å². The summed E-state index contributed by atoms with van der Waals surface area (Å²) >= 11 is 0. The van der Waals surface area contributed by atoms with E-state index in [1.54, 1.807) is 0 Å². The maximum Gasteiger partial charge on any atom is 0.328 e. The first-order valence-corrected chi connectivity index (χ1v) is 5.41. The van der Waals surface area contributed by atoms with Gasteiger partial charge in [-0.15, -0.1) is 0 Å². The zero-order valence-corrected chi connectivity index (χ0v) is 10.0. The lowest BCUT2D eigenvalue weighted by atomic mass is 9.91. The third-order valence-corrected chi connectivity index (χ3v) is 2.42. The summed E-state index contributed by atoms with van der Waals surface area (Å²) in [6, 6.07) is -0.830. The Bertz CT molecular complexity index is 282. The van der Waals surface area contributed by atoms with Crippen LogP contribution >= 0.6 is 0 Å². The van der Waals surface area contributed by atoms with Crippen LogP contribution in [0.2, 0.25) is 0 Å². The Hall–Kier alpha value is -1.10. The normalized spacial score (nSPS) is 21.9. The highest BCUT2D eigenvalue weighted by atomic mass is 16.5. The first kappa shape index (κ1) is 13.0. The van der Waals surface area contributed by atoms with Crippen LogP contribution in [0.25, 0.3) is 0 Å². The third-order valence-electron chi connectivity index (χ3n) is 2.42. The van der Waals surface area contributed by atoms with Crippen LogP contribution in [0.4, 0.5) is 0 Å². The predicted octanol–water partition coefficient (Wildman–Crippen LogP) is 0.735. The summed E-state index contributed by atoms with van der Waals surface area (Å²) in [4.78, 5) is 24.3. The number of carbonyl (C=O) groups excluding carboxylic acids is 1. The number of carboxylic acids is 1. The van der Waals surface area contributed by atoms with Gasteiger partial charge in [-0.3, -0.25) is 4.79 Å². The van der Waals surface area contributed by atoms with Gasteiger partial charge in [-0.2, -0.15) is 0 Å². The van der Waals surface area contributed by atoms with Crippen LogP contribution in [0.3, 0.4) is 0 Å². The molecule has 1 aliphatic heterocycles. The number of ether oxygens (including phenoxy) is 1. The van der Waals surface area contributed by atoms with E-state index >= 15 is 0 Å². The minimum absolute atomic E-state index is 0.0885. The third kappa shape index (κ3) is 3.48. The molecule has 1 amide bonds. The number of carbonyl (C=O) groups is 2. The fourth-order valence-electron chi connectivity index (χ4n) is 1.66. The van der Waals surface area contributed by atoms with E-state index in [4.69, 9.17) is 9.84 Å². The molecule has 0 aromatic heterocycles. The summed E-state index contributed by atoms with van der Waals surface area (Å²) in [5.41, 5.74) is -0.127. The first-order chi connectivity index (χ1) is 7.31. The van der Waals surface area contributed by atoms with Crippen molar-refractivity contribution in [2.45, 2.75) is 33.2 Å². The first-order valence-electron chi connectivity index (χ1n) is 5.41. The lowest BCUT2D eigenvalue weighted by molar-refractivity contribution is -0.159. The van der Waals surface area contributed by atoms with Crippen LogP contribution in [0.5, 0.6) is 0 Å². The molecule has 92 valence electrons. The zero-order valence-electron chi connectivity index (χ0n) is 10.0. The molecule has 5 heteroatoms. The summed E-state index contributed by atoms with van der Waals surface area (Å²) in [5, 5.41) is 8.98. The van der Waals surface area contributed by atoms with E-state index in [9.17, 15) is 9.59 Å². The van der Waals surface area contributed by atoms with Gasteiger partial charge in [0.05, 0.1) is 13.2 Å². The molecule has 0 aliphatic carbocycles. The van der Waals surface area contributed by atoms with E-state index in [1.807, 2.05) is 20.8 Å². The van der Waals surface area contributed by atoms with Crippen LogP contribution < -0.4 is 0 Å². The molecule has 0 aromatic rings. The van der Waals surface area contributed by atoms with Gasteiger partial charge in [-0.25, -0.2) is 4.79 Å². The van der Waals surface area contributed by atoms with Gasteiger partial charge in [-0.05, 0) is 5.41 Å². The monoisotopic (exact) mass is 229 g/mol. The second kappa shape index (κ2) is 4.82. The lowest BCUT2D eigenvalue weighted by Gasteiger charge is -2.34. The van der Waals surface area contributed by atoms with Crippen LogP contribution in [-0.4, -0.2) is 47.7 Å². The molecule has 0 bridgehead atoms. The molecule has 1 aliphatic rings. The van der Waals surface area contributed by atoms with Crippen molar-refractivity contribution < 1.29 is 19.4 Å². The van der Waals surface area contributed by atoms with Gasteiger partial charge in [0.25, 0.3) is 0 Å². The highest BCUT2D eigenvalue weighted by Gasteiger charge is 2.33. The van der Waals surface area contributed by atoms with E-state index in [0.29, 0.717) is 19.6 Å². The highest BCUT2D eigenvalue weighted by Crippen LogP contribution is 2.21. The molecule has 0 saturated carbocycles. The Morgan fingerprint density at radius 2 is 2.06 bits per heavy atom. The molecule has 1 saturated heterocycles. The van der Waals surface area contributed by atoms with Gasteiger partial charge >= 0.3 is 5.97 Å². The summed E-state index contributed by atoms with van der Waals surface area (Å²) in [7, 11) is 0. The summed E-state index contributed by atoms with van der Waals surface area (Å²) in [6.07, 6.45) is 0.358. The molecule has 1 rings (SSSR count). The van der Waals surface area contributed by atoms with Crippen LogP contribution in [0, 0.1) is 5.41 Å². The molecule has 1 heterocycles. The van der Waals surface area contributed by atoms with Crippen molar-refractivity contribution in [3.63, 3.8) is 0 Å². The van der Waals surface area contributed by atoms with E-state index in [1.165, 1.54) is 4.90 Å². The Morgan fingerprint density at radius 3 is 2.56 bits per heavy atom. The highest BCUT2D eigenvalue weighted by molar-refractivity contribution is 5.84. The van der Waals surface area contributed by atoms with Gasteiger partial charge in [0.1, 0.15) is 0 Å². The minimum atomic E-state index is -0.998. The number of nitrogens with zero attached hydrogens (tertiary/aromatic N) is 1. The second-order valence-electron chi connectivity index (χ2n) is 5.25. The van der Waals surface area contributed by atoms with Crippen molar-refractivity contribution in [2.24, 2.45) is 5.41 Å². The van der Waals surface area contributed by atoms with Crippen LogP contribution in [-0.2, 0) is 14.3 Å². The molecule has 0 radical (unpaired) electrons. The second-order valence-corrected chi connectivity index (χ2v) is 5.25. The predicted molar refractivity (Wildman–Crippen MR) is 58.0 cm³/mol.